The van der Waals surface area contributed by atoms with E-state index in [1.165, 1.54) is 21.5 Å². The molecule has 0 saturated carbocycles. The standard InChI is InChI=1S/C45H32N4/c46-39(28-42-36-17-6-8-19-40(36)48-45(49-42)32-12-2-1-3-13-32)31-23-21-29(22-24-31)33-14-10-15-34(27-33)44-38-26-25-30-11-4-5-16-35(30)43(38)37-18-7-9-20-41(37)47-44/h1-28,45-46,48-49H/b42-28-,46-39?. The molecule has 3 N–H and O–H groups in total. The number of benzene rings is 7. The van der Waals surface area contributed by atoms with Gasteiger partial charge < -0.3 is 16.0 Å². The first-order chi connectivity index (χ1) is 24.2. The molecule has 4 heteroatoms. The highest BCUT2D eigenvalue weighted by atomic mass is 15.2. The highest BCUT2D eigenvalue weighted by Crippen LogP contribution is 2.38. The van der Waals surface area contributed by atoms with Gasteiger partial charge in [-0.1, -0.05) is 146 Å². The predicted molar refractivity (Wildman–Crippen MR) is 205 cm³/mol. The molecule has 1 aromatic heterocycles. The van der Waals surface area contributed by atoms with Crippen LogP contribution >= 0.6 is 0 Å². The Balaban J connectivity index is 1.05. The minimum atomic E-state index is -0.0854. The molecular weight excluding hydrogens is 597 g/mol. The van der Waals surface area contributed by atoms with Crippen molar-refractivity contribution in [2.75, 3.05) is 5.32 Å². The summed E-state index contributed by atoms with van der Waals surface area (Å²) in [6.07, 6.45) is 1.85. The van der Waals surface area contributed by atoms with E-state index >= 15 is 0 Å². The van der Waals surface area contributed by atoms with E-state index in [1.807, 2.05) is 48.5 Å². The first-order valence-electron chi connectivity index (χ1n) is 16.6. The molecule has 49 heavy (non-hydrogen) atoms. The number of nitrogens with one attached hydrogen (secondary N) is 3. The zero-order chi connectivity index (χ0) is 32.7. The maximum atomic E-state index is 9.05. The molecule has 0 bridgehead atoms. The molecule has 0 saturated heterocycles. The van der Waals surface area contributed by atoms with Crippen LogP contribution < -0.4 is 10.6 Å². The summed E-state index contributed by atoms with van der Waals surface area (Å²) in [4.78, 5) is 5.20. The maximum Gasteiger partial charge on any atom is 0.123 e. The van der Waals surface area contributed by atoms with Crippen molar-refractivity contribution in [1.82, 2.24) is 10.3 Å². The van der Waals surface area contributed by atoms with E-state index in [0.29, 0.717) is 5.71 Å². The number of anilines is 1. The second kappa shape index (κ2) is 11.9. The van der Waals surface area contributed by atoms with Gasteiger partial charge in [0.25, 0.3) is 0 Å². The van der Waals surface area contributed by atoms with E-state index in [2.05, 4.69) is 132 Å². The Hall–Kier alpha value is -6.52. The third-order valence-electron chi connectivity index (χ3n) is 9.49. The molecule has 1 aliphatic rings. The molecular formula is C45H32N4. The van der Waals surface area contributed by atoms with E-state index in [9.17, 15) is 0 Å². The van der Waals surface area contributed by atoms with E-state index in [0.717, 1.165) is 61.4 Å². The lowest BCUT2D eigenvalue weighted by molar-refractivity contribution is 0.703. The van der Waals surface area contributed by atoms with Gasteiger partial charge in [0.05, 0.1) is 16.9 Å². The maximum absolute atomic E-state index is 9.05. The van der Waals surface area contributed by atoms with E-state index < -0.39 is 0 Å². The van der Waals surface area contributed by atoms with Crippen molar-refractivity contribution in [2.45, 2.75) is 6.17 Å². The van der Waals surface area contributed by atoms with Gasteiger partial charge in [0, 0.05) is 38.7 Å². The summed E-state index contributed by atoms with van der Waals surface area (Å²) in [7, 11) is 0. The molecule has 1 atom stereocenters. The van der Waals surface area contributed by atoms with Crippen LogP contribution in [-0.2, 0) is 0 Å². The number of fused-ring (bicyclic) bond motifs is 6. The zero-order valence-electron chi connectivity index (χ0n) is 26.7. The van der Waals surface area contributed by atoms with Crippen molar-refractivity contribution in [3.8, 4) is 22.4 Å². The summed E-state index contributed by atoms with van der Waals surface area (Å²) >= 11 is 0. The van der Waals surface area contributed by atoms with Gasteiger partial charge in [-0.3, -0.25) is 0 Å². The SMILES string of the molecule is N=C(/C=C1\NC(c2ccccc2)Nc2ccccc21)c1ccc(-c2cccc(-c3nc4ccccc4c4c3ccc3ccccc34)c2)cc1. The molecule has 2 heterocycles. The average Bonchev–Trinajstić information content (AvgIpc) is 3.17. The van der Waals surface area contributed by atoms with Crippen molar-refractivity contribution in [1.29, 1.82) is 5.41 Å². The minimum Gasteiger partial charge on any atom is -0.361 e. The van der Waals surface area contributed by atoms with E-state index in [1.54, 1.807) is 0 Å². The quantitative estimate of drug-likeness (QED) is 0.131. The molecule has 232 valence electrons. The molecule has 4 nitrogen and oxygen atoms in total. The number of pyridine rings is 1. The monoisotopic (exact) mass is 628 g/mol. The van der Waals surface area contributed by atoms with Crippen LogP contribution in [0.1, 0.15) is 22.9 Å². The Morgan fingerprint density at radius 3 is 2.18 bits per heavy atom. The summed E-state index contributed by atoms with van der Waals surface area (Å²) in [5.74, 6) is 0. The van der Waals surface area contributed by atoms with Crippen LogP contribution in [0.5, 0.6) is 0 Å². The number of para-hydroxylation sites is 2. The van der Waals surface area contributed by atoms with Gasteiger partial charge in [0.2, 0.25) is 0 Å². The molecule has 0 fully saturated rings. The lowest BCUT2D eigenvalue weighted by atomic mass is 9.94. The van der Waals surface area contributed by atoms with Crippen LogP contribution in [0.3, 0.4) is 0 Å². The first-order valence-corrected chi connectivity index (χ1v) is 16.6. The van der Waals surface area contributed by atoms with Gasteiger partial charge in [-0.15, -0.1) is 0 Å². The summed E-state index contributed by atoms with van der Waals surface area (Å²) in [6.45, 7) is 0. The fraction of sp³-hybridized carbons (Fsp3) is 0.0222. The molecule has 7 aromatic carbocycles. The fourth-order valence-corrected chi connectivity index (χ4v) is 7.06. The second-order valence-corrected chi connectivity index (χ2v) is 12.5. The van der Waals surface area contributed by atoms with Crippen LogP contribution in [0, 0.1) is 5.41 Å². The predicted octanol–water partition coefficient (Wildman–Crippen LogP) is 11.0. The van der Waals surface area contributed by atoms with Gasteiger partial charge in [-0.2, -0.15) is 0 Å². The molecule has 0 amide bonds. The highest BCUT2D eigenvalue weighted by molar-refractivity contribution is 6.22. The smallest absolute Gasteiger partial charge is 0.123 e. The Morgan fingerprint density at radius 2 is 1.31 bits per heavy atom. The van der Waals surface area contributed by atoms with E-state index in [4.69, 9.17) is 10.4 Å². The van der Waals surface area contributed by atoms with Crippen LogP contribution in [0.2, 0.25) is 0 Å². The second-order valence-electron chi connectivity index (χ2n) is 12.5. The van der Waals surface area contributed by atoms with Gasteiger partial charge in [0.15, 0.2) is 0 Å². The van der Waals surface area contributed by atoms with Crippen molar-refractivity contribution in [3.05, 3.63) is 187 Å². The molecule has 9 rings (SSSR count). The van der Waals surface area contributed by atoms with Crippen molar-refractivity contribution >= 4 is 49.5 Å². The summed E-state index contributed by atoms with van der Waals surface area (Å²) in [5, 5.41) is 22.3. The van der Waals surface area contributed by atoms with E-state index in [-0.39, 0.29) is 6.17 Å². The lowest BCUT2D eigenvalue weighted by Crippen LogP contribution is -2.32. The number of allylic oxidation sites excluding steroid dienone is 1. The first kappa shape index (κ1) is 28.7. The Kier molecular flexibility index (Phi) is 6.98. The van der Waals surface area contributed by atoms with Crippen molar-refractivity contribution in [2.24, 2.45) is 0 Å². The molecule has 0 aliphatic carbocycles. The molecule has 1 unspecified atom stereocenters. The molecule has 0 spiro atoms. The van der Waals surface area contributed by atoms with Crippen LogP contribution in [-0.4, -0.2) is 10.7 Å². The third kappa shape index (κ3) is 5.20. The number of aromatic nitrogens is 1. The van der Waals surface area contributed by atoms with Gasteiger partial charge >= 0.3 is 0 Å². The largest absolute Gasteiger partial charge is 0.361 e. The van der Waals surface area contributed by atoms with Gasteiger partial charge in [0.1, 0.15) is 6.17 Å². The summed E-state index contributed by atoms with van der Waals surface area (Å²) in [6, 6.07) is 56.9. The van der Waals surface area contributed by atoms with Crippen LogP contribution in [0.4, 0.5) is 5.69 Å². The lowest BCUT2D eigenvalue weighted by Gasteiger charge is -2.31. The van der Waals surface area contributed by atoms with Crippen molar-refractivity contribution < 1.29 is 0 Å². The average molecular weight is 629 g/mol. The topological polar surface area (TPSA) is 60.8 Å². The van der Waals surface area contributed by atoms with Gasteiger partial charge in [-0.05, 0) is 57.3 Å². The van der Waals surface area contributed by atoms with Crippen LogP contribution in [0.25, 0.3) is 60.5 Å². The van der Waals surface area contributed by atoms with Gasteiger partial charge in [-0.25, -0.2) is 4.98 Å². The Bertz CT molecular complexity index is 2550. The minimum absolute atomic E-state index is 0.0854. The summed E-state index contributed by atoms with van der Waals surface area (Å²) < 4.78 is 0. The third-order valence-corrected chi connectivity index (χ3v) is 9.49. The number of rotatable bonds is 5. The Labute approximate surface area is 284 Å². The molecule has 8 aromatic rings. The zero-order valence-corrected chi connectivity index (χ0v) is 26.7. The Morgan fingerprint density at radius 1 is 0.571 bits per heavy atom. The molecule has 1 aliphatic heterocycles. The number of nitrogens with zero attached hydrogens (tertiary/aromatic N) is 1. The normalized spacial score (nSPS) is 14.8. The fourth-order valence-electron chi connectivity index (χ4n) is 7.06. The van der Waals surface area contributed by atoms with Crippen LogP contribution in [0.15, 0.2) is 170 Å². The number of hydrogen-bond donors (Lipinski definition) is 3. The van der Waals surface area contributed by atoms with Crippen molar-refractivity contribution in [3.63, 3.8) is 0 Å². The molecule has 0 radical (unpaired) electrons. The number of hydrogen-bond acceptors (Lipinski definition) is 4. The summed E-state index contributed by atoms with van der Waals surface area (Å²) in [5.41, 5.74) is 10.7. The highest BCUT2D eigenvalue weighted by Gasteiger charge is 2.22.